The van der Waals surface area contributed by atoms with Crippen LogP contribution >= 0.6 is 11.6 Å². The number of ether oxygens (including phenoxy) is 2. The molecule has 0 radical (unpaired) electrons. The maximum Gasteiger partial charge on any atom is 0.179 e. The van der Waals surface area contributed by atoms with Crippen molar-refractivity contribution in [3.63, 3.8) is 0 Å². The summed E-state index contributed by atoms with van der Waals surface area (Å²) in [6, 6.07) is 4.29. The fourth-order valence-electron chi connectivity index (χ4n) is 1.66. The highest BCUT2D eigenvalue weighted by Gasteiger charge is 2.12. The maximum atomic E-state index is 6.29. The minimum Gasteiger partial charge on any atom is -0.493 e. The highest BCUT2D eigenvalue weighted by Crippen LogP contribution is 2.36. The standard InChI is InChI=1S/C16H24ClNO2/c1-11(2)6-7-20-16-14(17)8-13(9-15(16)19-5)10-18-12(3)4/h8-9,12,18H,1,6-7,10H2,2-5H3. The molecule has 112 valence electrons. The first kappa shape index (κ1) is 16.9. The first-order chi connectivity index (χ1) is 9.43. The Morgan fingerprint density at radius 2 is 2.10 bits per heavy atom. The molecular formula is C16H24ClNO2. The summed E-state index contributed by atoms with van der Waals surface area (Å²) in [7, 11) is 1.62. The summed E-state index contributed by atoms with van der Waals surface area (Å²) in [5.41, 5.74) is 2.16. The second-order valence-electron chi connectivity index (χ2n) is 5.20. The Morgan fingerprint density at radius 3 is 2.65 bits per heavy atom. The lowest BCUT2D eigenvalue weighted by Gasteiger charge is -2.15. The number of rotatable bonds is 8. The third kappa shape index (κ3) is 5.43. The normalized spacial score (nSPS) is 10.7. The molecule has 0 aliphatic rings. The van der Waals surface area contributed by atoms with Gasteiger partial charge in [0.1, 0.15) is 0 Å². The molecule has 0 saturated carbocycles. The molecule has 0 heterocycles. The van der Waals surface area contributed by atoms with E-state index >= 15 is 0 Å². The van der Waals surface area contributed by atoms with E-state index < -0.39 is 0 Å². The summed E-state index contributed by atoms with van der Waals surface area (Å²) in [6.07, 6.45) is 0.802. The molecule has 3 nitrogen and oxygen atoms in total. The zero-order valence-electron chi connectivity index (χ0n) is 12.8. The second-order valence-corrected chi connectivity index (χ2v) is 5.61. The molecular weight excluding hydrogens is 274 g/mol. The predicted molar refractivity (Wildman–Crippen MR) is 84.9 cm³/mol. The van der Waals surface area contributed by atoms with E-state index in [4.69, 9.17) is 21.1 Å². The van der Waals surface area contributed by atoms with Gasteiger partial charge in [0.15, 0.2) is 11.5 Å². The van der Waals surface area contributed by atoms with Crippen molar-refractivity contribution in [3.05, 3.63) is 34.9 Å². The predicted octanol–water partition coefficient (Wildman–Crippen LogP) is 4.19. The Hall–Kier alpha value is -1.19. The van der Waals surface area contributed by atoms with Gasteiger partial charge in [-0.05, 0) is 24.6 Å². The summed E-state index contributed by atoms with van der Waals surface area (Å²) in [6.45, 7) is 11.3. The molecule has 0 bridgehead atoms. The average Bonchev–Trinajstić information content (AvgIpc) is 2.37. The van der Waals surface area contributed by atoms with Gasteiger partial charge in [-0.3, -0.25) is 0 Å². The minimum atomic E-state index is 0.422. The van der Waals surface area contributed by atoms with E-state index in [0.29, 0.717) is 29.2 Å². The molecule has 0 aromatic heterocycles. The monoisotopic (exact) mass is 297 g/mol. The fourth-order valence-corrected chi connectivity index (χ4v) is 1.95. The van der Waals surface area contributed by atoms with Crippen molar-refractivity contribution in [1.29, 1.82) is 0 Å². The van der Waals surface area contributed by atoms with Crippen molar-refractivity contribution >= 4 is 11.6 Å². The number of hydrogen-bond donors (Lipinski definition) is 1. The van der Waals surface area contributed by atoms with Crippen LogP contribution in [-0.4, -0.2) is 19.8 Å². The van der Waals surface area contributed by atoms with Crippen molar-refractivity contribution in [3.8, 4) is 11.5 Å². The van der Waals surface area contributed by atoms with Crippen molar-refractivity contribution in [2.75, 3.05) is 13.7 Å². The lowest BCUT2D eigenvalue weighted by Crippen LogP contribution is -2.21. The molecule has 0 unspecified atom stereocenters. The summed E-state index contributed by atoms with van der Waals surface area (Å²) in [5, 5.41) is 3.93. The van der Waals surface area contributed by atoms with Crippen LogP contribution in [0.2, 0.25) is 5.02 Å². The SMILES string of the molecule is C=C(C)CCOc1c(Cl)cc(CNC(C)C)cc1OC. The number of benzene rings is 1. The molecule has 20 heavy (non-hydrogen) atoms. The fraction of sp³-hybridized carbons (Fsp3) is 0.500. The number of nitrogens with one attached hydrogen (secondary N) is 1. The Labute approximate surface area is 126 Å². The Balaban J connectivity index is 2.81. The van der Waals surface area contributed by atoms with Gasteiger partial charge in [-0.15, -0.1) is 6.58 Å². The van der Waals surface area contributed by atoms with Crippen LogP contribution in [0.4, 0.5) is 0 Å². The molecule has 1 aromatic carbocycles. The van der Waals surface area contributed by atoms with Crippen LogP contribution in [0.25, 0.3) is 0 Å². The van der Waals surface area contributed by atoms with E-state index in [0.717, 1.165) is 24.1 Å². The van der Waals surface area contributed by atoms with Crippen LogP contribution in [0.1, 0.15) is 32.8 Å². The van der Waals surface area contributed by atoms with E-state index in [1.165, 1.54) is 0 Å². The molecule has 0 amide bonds. The largest absolute Gasteiger partial charge is 0.493 e. The molecule has 1 aromatic rings. The first-order valence-corrected chi connectivity index (χ1v) is 7.18. The summed E-state index contributed by atoms with van der Waals surface area (Å²) in [5.74, 6) is 1.27. The quantitative estimate of drug-likeness (QED) is 0.730. The van der Waals surface area contributed by atoms with E-state index in [2.05, 4.69) is 25.7 Å². The van der Waals surface area contributed by atoms with Crippen molar-refractivity contribution < 1.29 is 9.47 Å². The first-order valence-electron chi connectivity index (χ1n) is 6.81. The number of methoxy groups -OCH3 is 1. The molecule has 0 atom stereocenters. The van der Waals surface area contributed by atoms with E-state index in [9.17, 15) is 0 Å². The number of halogens is 1. The smallest absolute Gasteiger partial charge is 0.179 e. The van der Waals surface area contributed by atoms with Gasteiger partial charge >= 0.3 is 0 Å². The van der Waals surface area contributed by atoms with Crippen LogP contribution in [0.5, 0.6) is 11.5 Å². The molecule has 4 heteroatoms. The summed E-state index contributed by atoms with van der Waals surface area (Å²) in [4.78, 5) is 0. The maximum absolute atomic E-state index is 6.29. The van der Waals surface area contributed by atoms with Crippen LogP contribution < -0.4 is 14.8 Å². The molecule has 1 N–H and O–H groups in total. The van der Waals surface area contributed by atoms with Crippen molar-refractivity contribution in [2.45, 2.75) is 39.8 Å². The number of hydrogen-bond acceptors (Lipinski definition) is 3. The van der Waals surface area contributed by atoms with Gasteiger partial charge in [0, 0.05) is 19.0 Å². The van der Waals surface area contributed by atoms with Gasteiger partial charge in [-0.1, -0.05) is 31.0 Å². The van der Waals surface area contributed by atoms with Crippen LogP contribution in [0.15, 0.2) is 24.3 Å². The van der Waals surface area contributed by atoms with Gasteiger partial charge in [0.25, 0.3) is 0 Å². The third-order valence-electron chi connectivity index (χ3n) is 2.78. The van der Waals surface area contributed by atoms with Crippen LogP contribution in [0, 0.1) is 0 Å². The van der Waals surface area contributed by atoms with Gasteiger partial charge in [-0.25, -0.2) is 0 Å². The zero-order chi connectivity index (χ0) is 15.1. The molecule has 0 aliphatic heterocycles. The lowest BCUT2D eigenvalue weighted by atomic mass is 10.2. The lowest BCUT2D eigenvalue weighted by molar-refractivity contribution is 0.297. The van der Waals surface area contributed by atoms with E-state index in [1.54, 1.807) is 7.11 Å². The van der Waals surface area contributed by atoms with Gasteiger partial charge < -0.3 is 14.8 Å². The Bertz CT molecular complexity index is 458. The van der Waals surface area contributed by atoms with E-state index in [-0.39, 0.29) is 0 Å². The van der Waals surface area contributed by atoms with Crippen molar-refractivity contribution in [1.82, 2.24) is 5.32 Å². The molecule has 0 fully saturated rings. The second kappa shape index (κ2) is 8.18. The highest BCUT2D eigenvalue weighted by molar-refractivity contribution is 6.32. The minimum absolute atomic E-state index is 0.422. The molecule has 0 saturated heterocycles. The van der Waals surface area contributed by atoms with Gasteiger partial charge in [0.2, 0.25) is 0 Å². The van der Waals surface area contributed by atoms with Crippen LogP contribution in [-0.2, 0) is 6.54 Å². The molecule has 0 aliphatic carbocycles. The van der Waals surface area contributed by atoms with Gasteiger partial charge in [0.05, 0.1) is 18.7 Å². The van der Waals surface area contributed by atoms with Crippen LogP contribution in [0.3, 0.4) is 0 Å². The highest BCUT2D eigenvalue weighted by atomic mass is 35.5. The zero-order valence-corrected chi connectivity index (χ0v) is 13.5. The molecule has 1 rings (SSSR count). The Morgan fingerprint density at radius 1 is 1.40 bits per heavy atom. The van der Waals surface area contributed by atoms with Crippen molar-refractivity contribution in [2.24, 2.45) is 0 Å². The summed E-state index contributed by atoms with van der Waals surface area (Å²) >= 11 is 6.29. The molecule has 0 spiro atoms. The Kier molecular flexibility index (Phi) is 6.89. The summed E-state index contributed by atoms with van der Waals surface area (Å²) < 4.78 is 11.1. The third-order valence-corrected chi connectivity index (χ3v) is 3.06. The topological polar surface area (TPSA) is 30.5 Å². The average molecular weight is 298 g/mol. The van der Waals surface area contributed by atoms with Gasteiger partial charge in [-0.2, -0.15) is 0 Å². The van der Waals surface area contributed by atoms with E-state index in [1.807, 2.05) is 19.1 Å².